The van der Waals surface area contributed by atoms with E-state index in [0.29, 0.717) is 25.7 Å². The van der Waals surface area contributed by atoms with Crippen LogP contribution >= 0.6 is 0 Å². The van der Waals surface area contributed by atoms with Crippen LogP contribution in [0.15, 0.2) is 12.2 Å². The van der Waals surface area contributed by atoms with Crippen molar-refractivity contribution in [3.05, 3.63) is 12.2 Å². The third-order valence-electron chi connectivity index (χ3n) is 4.06. The highest BCUT2D eigenvalue weighted by molar-refractivity contribution is 6.04. The summed E-state index contributed by atoms with van der Waals surface area (Å²) in [5, 5.41) is 5.36. The highest BCUT2D eigenvalue weighted by atomic mass is 16.2. The van der Waals surface area contributed by atoms with Crippen molar-refractivity contribution >= 4 is 23.4 Å². The SMILES string of the molecule is O=C1CCCCC(C(=O)/C=C/C(=O)C2CCCCC(=O)N2)N1. The van der Waals surface area contributed by atoms with E-state index in [1.165, 1.54) is 12.2 Å². The Morgan fingerprint density at radius 2 is 1.18 bits per heavy atom. The largest absolute Gasteiger partial charge is 0.346 e. The highest BCUT2D eigenvalue weighted by Crippen LogP contribution is 2.12. The zero-order valence-electron chi connectivity index (χ0n) is 12.6. The Kier molecular flexibility index (Phi) is 5.86. The lowest BCUT2D eigenvalue weighted by Gasteiger charge is -2.13. The summed E-state index contributed by atoms with van der Waals surface area (Å²) in [6, 6.07) is -1.08. The predicted molar refractivity (Wildman–Crippen MR) is 80.0 cm³/mol. The first kappa shape index (κ1) is 16.4. The molecule has 0 saturated carbocycles. The van der Waals surface area contributed by atoms with Gasteiger partial charge in [0.1, 0.15) is 0 Å². The molecule has 0 spiro atoms. The summed E-state index contributed by atoms with van der Waals surface area (Å²) in [4.78, 5) is 47.1. The van der Waals surface area contributed by atoms with E-state index in [-0.39, 0.29) is 23.4 Å². The molecule has 22 heavy (non-hydrogen) atoms. The van der Waals surface area contributed by atoms with E-state index < -0.39 is 12.1 Å². The maximum absolute atomic E-state index is 12.1. The average Bonchev–Trinajstić information content (AvgIpc) is 2.84. The van der Waals surface area contributed by atoms with Gasteiger partial charge < -0.3 is 10.6 Å². The van der Waals surface area contributed by atoms with E-state index >= 15 is 0 Å². The monoisotopic (exact) mass is 306 g/mol. The molecule has 0 aromatic carbocycles. The van der Waals surface area contributed by atoms with Gasteiger partial charge in [0.2, 0.25) is 11.8 Å². The molecule has 2 rings (SSSR count). The van der Waals surface area contributed by atoms with Crippen molar-refractivity contribution in [3.8, 4) is 0 Å². The number of nitrogens with one attached hydrogen (secondary N) is 2. The molecule has 2 amide bonds. The molecule has 2 aliphatic heterocycles. The van der Waals surface area contributed by atoms with Gasteiger partial charge in [-0.15, -0.1) is 0 Å². The van der Waals surface area contributed by atoms with Gasteiger partial charge in [0.25, 0.3) is 0 Å². The van der Waals surface area contributed by atoms with Crippen LogP contribution < -0.4 is 10.6 Å². The minimum Gasteiger partial charge on any atom is -0.346 e. The van der Waals surface area contributed by atoms with E-state index in [1.807, 2.05) is 0 Å². The summed E-state index contributed by atoms with van der Waals surface area (Å²) < 4.78 is 0. The summed E-state index contributed by atoms with van der Waals surface area (Å²) in [5.74, 6) is -0.759. The van der Waals surface area contributed by atoms with E-state index in [9.17, 15) is 19.2 Å². The first-order valence-corrected chi connectivity index (χ1v) is 7.91. The third kappa shape index (κ3) is 4.79. The van der Waals surface area contributed by atoms with Crippen LogP contribution in [0.4, 0.5) is 0 Å². The molecule has 120 valence electrons. The standard InChI is InChI=1S/C16H22N2O4/c19-13(11-5-1-3-7-15(21)17-11)9-10-14(20)12-6-2-4-8-16(22)18-12/h9-12H,1-8H2,(H,17,21)(H,18,22)/b10-9+. The lowest BCUT2D eigenvalue weighted by Crippen LogP contribution is -2.39. The number of carbonyl (C=O) groups is 4. The summed E-state index contributed by atoms with van der Waals surface area (Å²) in [7, 11) is 0. The van der Waals surface area contributed by atoms with Gasteiger partial charge in [0.15, 0.2) is 11.6 Å². The van der Waals surface area contributed by atoms with Crippen molar-refractivity contribution in [2.24, 2.45) is 0 Å². The second-order valence-corrected chi connectivity index (χ2v) is 5.87. The van der Waals surface area contributed by atoms with Crippen LogP contribution in [0, 0.1) is 0 Å². The number of ketones is 2. The minimum absolute atomic E-state index is 0.119. The van der Waals surface area contributed by atoms with Crippen molar-refractivity contribution in [1.29, 1.82) is 0 Å². The summed E-state index contributed by atoms with van der Waals surface area (Å²) in [5.41, 5.74) is 0. The highest BCUT2D eigenvalue weighted by Gasteiger charge is 2.23. The molecule has 2 fully saturated rings. The second-order valence-electron chi connectivity index (χ2n) is 5.87. The molecule has 2 unspecified atom stereocenters. The van der Waals surface area contributed by atoms with Crippen molar-refractivity contribution < 1.29 is 19.2 Å². The molecule has 2 heterocycles. The molecule has 0 bridgehead atoms. The fraction of sp³-hybridized carbons (Fsp3) is 0.625. The minimum atomic E-state index is -0.539. The molecule has 2 aliphatic rings. The number of rotatable bonds is 4. The van der Waals surface area contributed by atoms with Crippen molar-refractivity contribution in [2.45, 2.75) is 63.5 Å². The van der Waals surface area contributed by atoms with Crippen LogP contribution in [0.1, 0.15) is 51.4 Å². The van der Waals surface area contributed by atoms with Gasteiger partial charge in [-0.3, -0.25) is 19.2 Å². The Morgan fingerprint density at radius 1 is 0.773 bits per heavy atom. The van der Waals surface area contributed by atoms with Crippen LogP contribution in [0.2, 0.25) is 0 Å². The van der Waals surface area contributed by atoms with Gasteiger partial charge in [-0.2, -0.15) is 0 Å². The smallest absolute Gasteiger partial charge is 0.220 e. The maximum Gasteiger partial charge on any atom is 0.220 e. The predicted octanol–water partition coefficient (Wildman–Crippen LogP) is 0.798. The van der Waals surface area contributed by atoms with Crippen molar-refractivity contribution in [1.82, 2.24) is 10.6 Å². The third-order valence-corrected chi connectivity index (χ3v) is 4.06. The Bertz CT molecular complexity index is 454. The molecule has 0 radical (unpaired) electrons. The quantitative estimate of drug-likeness (QED) is 0.751. The molecular weight excluding hydrogens is 284 g/mol. The van der Waals surface area contributed by atoms with Crippen LogP contribution in [-0.2, 0) is 19.2 Å². The number of hydrogen-bond donors (Lipinski definition) is 2. The molecular formula is C16H22N2O4. The van der Waals surface area contributed by atoms with E-state index in [4.69, 9.17) is 0 Å². The Hall–Kier alpha value is -1.98. The molecule has 0 aromatic rings. The van der Waals surface area contributed by atoms with Crippen LogP contribution in [0.25, 0.3) is 0 Å². The van der Waals surface area contributed by atoms with E-state index in [2.05, 4.69) is 10.6 Å². The van der Waals surface area contributed by atoms with E-state index in [1.54, 1.807) is 0 Å². The molecule has 6 heteroatoms. The fourth-order valence-corrected chi connectivity index (χ4v) is 2.77. The van der Waals surface area contributed by atoms with Gasteiger partial charge in [-0.1, -0.05) is 12.8 Å². The van der Waals surface area contributed by atoms with Gasteiger partial charge in [-0.25, -0.2) is 0 Å². The first-order valence-electron chi connectivity index (χ1n) is 7.91. The van der Waals surface area contributed by atoms with Crippen LogP contribution in [0.5, 0.6) is 0 Å². The zero-order chi connectivity index (χ0) is 15.9. The molecule has 6 nitrogen and oxygen atoms in total. The summed E-state index contributed by atoms with van der Waals surface area (Å²) >= 11 is 0. The summed E-state index contributed by atoms with van der Waals surface area (Å²) in [6.07, 6.45) is 7.75. The number of carbonyl (C=O) groups excluding carboxylic acids is 4. The lowest BCUT2D eigenvalue weighted by atomic mass is 10.0. The lowest BCUT2D eigenvalue weighted by molar-refractivity contribution is -0.125. The van der Waals surface area contributed by atoms with Gasteiger partial charge in [0, 0.05) is 12.8 Å². The second kappa shape index (κ2) is 7.87. The molecule has 0 aromatic heterocycles. The van der Waals surface area contributed by atoms with Crippen LogP contribution in [0.3, 0.4) is 0 Å². The van der Waals surface area contributed by atoms with Gasteiger partial charge >= 0.3 is 0 Å². The van der Waals surface area contributed by atoms with Gasteiger partial charge in [0.05, 0.1) is 12.1 Å². The van der Waals surface area contributed by atoms with E-state index in [0.717, 1.165) is 25.7 Å². The molecule has 2 saturated heterocycles. The Morgan fingerprint density at radius 3 is 1.59 bits per heavy atom. The van der Waals surface area contributed by atoms with Crippen LogP contribution in [-0.4, -0.2) is 35.5 Å². The van der Waals surface area contributed by atoms with Gasteiger partial charge in [-0.05, 0) is 37.8 Å². The summed E-state index contributed by atoms with van der Waals surface area (Å²) in [6.45, 7) is 0. The normalized spacial score (nSPS) is 26.7. The average molecular weight is 306 g/mol. The van der Waals surface area contributed by atoms with Crippen molar-refractivity contribution in [3.63, 3.8) is 0 Å². The molecule has 2 N–H and O–H groups in total. The molecule has 2 atom stereocenters. The number of amides is 2. The maximum atomic E-state index is 12.1. The molecule has 0 aliphatic carbocycles. The Balaban J connectivity index is 1.91. The fourth-order valence-electron chi connectivity index (χ4n) is 2.77. The van der Waals surface area contributed by atoms with Crippen molar-refractivity contribution in [2.75, 3.05) is 0 Å². The zero-order valence-corrected chi connectivity index (χ0v) is 12.6. The Labute approximate surface area is 129 Å². The topological polar surface area (TPSA) is 92.3 Å². The first-order chi connectivity index (χ1) is 10.6. The number of hydrogen-bond acceptors (Lipinski definition) is 4.